The summed E-state index contributed by atoms with van der Waals surface area (Å²) in [4.78, 5) is 0. The number of nitrogens with zero attached hydrogens (tertiary/aromatic N) is 1. The second-order valence-corrected chi connectivity index (χ2v) is 4.62. The minimum atomic E-state index is 0.736. The lowest BCUT2D eigenvalue weighted by Gasteiger charge is -2.05. The van der Waals surface area contributed by atoms with Crippen molar-refractivity contribution in [2.24, 2.45) is 5.92 Å². The molecule has 1 aromatic rings. The Morgan fingerprint density at radius 3 is 2.81 bits per heavy atom. The minimum absolute atomic E-state index is 0.736. The van der Waals surface area contributed by atoms with E-state index in [0.29, 0.717) is 0 Å². The molecule has 0 N–H and O–H groups in total. The van der Waals surface area contributed by atoms with E-state index in [4.69, 9.17) is 5.26 Å². The van der Waals surface area contributed by atoms with Gasteiger partial charge in [-0.2, -0.15) is 5.26 Å². The van der Waals surface area contributed by atoms with Gasteiger partial charge in [-0.15, -0.1) is 0 Å². The third-order valence-corrected chi connectivity index (χ3v) is 2.52. The molecule has 0 aliphatic heterocycles. The summed E-state index contributed by atoms with van der Waals surface area (Å²) in [6.07, 6.45) is 4.26. The number of allylic oxidation sites excluding steroid dienone is 1. The molecule has 0 bridgehead atoms. The minimum Gasteiger partial charge on any atom is -0.193 e. The molecule has 16 heavy (non-hydrogen) atoms. The summed E-state index contributed by atoms with van der Waals surface area (Å²) in [5.74, 6) is 0.736. The van der Waals surface area contributed by atoms with Gasteiger partial charge in [-0.05, 0) is 42.9 Å². The molecule has 84 valence electrons. The molecule has 0 amide bonds. The van der Waals surface area contributed by atoms with Crippen LogP contribution in [0, 0.1) is 17.2 Å². The van der Waals surface area contributed by atoms with Crippen LogP contribution in [0.15, 0.2) is 29.8 Å². The first kappa shape index (κ1) is 12.5. The highest BCUT2D eigenvalue weighted by Gasteiger charge is 1.98. The quantitative estimate of drug-likeness (QED) is 0.687. The van der Waals surface area contributed by atoms with Crippen LogP contribution in [0.4, 0.5) is 0 Å². The monoisotopic (exact) mass is 213 g/mol. The molecule has 0 fully saturated rings. The van der Waals surface area contributed by atoms with Crippen molar-refractivity contribution in [1.82, 2.24) is 0 Å². The average Bonchev–Trinajstić information content (AvgIpc) is 2.26. The second-order valence-electron chi connectivity index (χ2n) is 4.62. The maximum Gasteiger partial charge on any atom is 0.0944 e. The lowest BCUT2D eigenvalue weighted by molar-refractivity contribution is 0.586. The molecule has 0 aliphatic carbocycles. The molecule has 0 aliphatic rings. The van der Waals surface area contributed by atoms with Gasteiger partial charge in [0.1, 0.15) is 0 Å². The molecule has 1 aromatic carbocycles. The van der Waals surface area contributed by atoms with Gasteiger partial charge in [-0.1, -0.05) is 38.1 Å². The fraction of sp³-hybridized carbons (Fsp3) is 0.400. The number of rotatable bonds is 4. The van der Waals surface area contributed by atoms with Crippen LogP contribution in [0.5, 0.6) is 0 Å². The van der Waals surface area contributed by atoms with E-state index in [1.165, 1.54) is 12.0 Å². The Hall–Kier alpha value is -1.55. The number of hydrogen-bond acceptors (Lipinski definition) is 1. The molecule has 1 nitrogen and oxygen atoms in total. The number of aryl methyl sites for hydroxylation is 1. The molecule has 0 saturated heterocycles. The van der Waals surface area contributed by atoms with Gasteiger partial charge in [0.25, 0.3) is 0 Å². The summed E-state index contributed by atoms with van der Waals surface area (Å²) in [7, 11) is 0. The number of hydrogen-bond donors (Lipinski definition) is 0. The zero-order chi connectivity index (χ0) is 12.0. The van der Waals surface area contributed by atoms with Crippen molar-refractivity contribution in [2.45, 2.75) is 33.6 Å². The Balaban J connectivity index is 2.76. The Labute approximate surface area is 98.4 Å². The van der Waals surface area contributed by atoms with Crippen molar-refractivity contribution in [3.8, 4) is 6.07 Å². The van der Waals surface area contributed by atoms with E-state index in [9.17, 15) is 0 Å². The molecule has 0 heterocycles. The van der Waals surface area contributed by atoms with Gasteiger partial charge < -0.3 is 0 Å². The summed E-state index contributed by atoms with van der Waals surface area (Å²) >= 11 is 0. The van der Waals surface area contributed by atoms with Gasteiger partial charge in [0, 0.05) is 5.57 Å². The normalized spacial score (nSPS) is 11.6. The van der Waals surface area contributed by atoms with Crippen LogP contribution in [0.3, 0.4) is 0 Å². The van der Waals surface area contributed by atoms with Gasteiger partial charge in [-0.3, -0.25) is 0 Å². The maximum atomic E-state index is 8.72. The van der Waals surface area contributed by atoms with Crippen molar-refractivity contribution in [2.75, 3.05) is 0 Å². The van der Waals surface area contributed by atoms with E-state index in [1.807, 2.05) is 19.1 Å². The van der Waals surface area contributed by atoms with Crippen LogP contribution < -0.4 is 0 Å². The van der Waals surface area contributed by atoms with Crippen LogP contribution in [-0.2, 0) is 6.42 Å². The van der Waals surface area contributed by atoms with Crippen molar-refractivity contribution >= 4 is 6.08 Å². The molecular formula is C15H19N. The fourth-order valence-corrected chi connectivity index (χ4v) is 1.58. The summed E-state index contributed by atoms with van der Waals surface area (Å²) in [6, 6.07) is 10.6. The second kappa shape index (κ2) is 6.12. The molecule has 0 atom stereocenters. The molecule has 0 saturated carbocycles. The summed E-state index contributed by atoms with van der Waals surface area (Å²) in [6.45, 7) is 6.31. The smallest absolute Gasteiger partial charge is 0.0944 e. The van der Waals surface area contributed by atoms with Gasteiger partial charge >= 0.3 is 0 Å². The fourth-order valence-electron chi connectivity index (χ4n) is 1.58. The molecule has 1 rings (SSSR count). The van der Waals surface area contributed by atoms with E-state index in [-0.39, 0.29) is 0 Å². The predicted molar refractivity (Wildman–Crippen MR) is 68.9 cm³/mol. The topological polar surface area (TPSA) is 23.8 Å². The first-order chi connectivity index (χ1) is 7.61. The highest BCUT2D eigenvalue weighted by Crippen LogP contribution is 2.13. The summed E-state index contributed by atoms with van der Waals surface area (Å²) in [5.41, 5.74) is 3.23. The molecule has 0 radical (unpaired) electrons. The standard InChI is InChI=1S/C15H19N/c1-12(2)7-8-14-5-4-6-15(10-14)9-13(3)11-16/h4-6,9-10,12H,7-8H2,1-3H3. The highest BCUT2D eigenvalue weighted by atomic mass is 14.2. The van der Waals surface area contributed by atoms with Crippen molar-refractivity contribution in [1.29, 1.82) is 5.26 Å². The van der Waals surface area contributed by atoms with Crippen LogP contribution in [0.2, 0.25) is 0 Å². The molecular weight excluding hydrogens is 194 g/mol. The Kier molecular flexibility index (Phi) is 4.79. The van der Waals surface area contributed by atoms with Crippen molar-refractivity contribution in [3.05, 3.63) is 41.0 Å². The average molecular weight is 213 g/mol. The van der Waals surface area contributed by atoms with Crippen LogP contribution in [-0.4, -0.2) is 0 Å². The van der Waals surface area contributed by atoms with E-state index in [2.05, 4.69) is 38.1 Å². The third kappa shape index (κ3) is 4.31. The maximum absolute atomic E-state index is 8.72. The summed E-state index contributed by atoms with van der Waals surface area (Å²) < 4.78 is 0. The van der Waals surface area contributed by atoms with Crippen LogP contribution in [0.25, 0.3) is 6.08 Å². The van der Waals surface area contributed by atoms with Crippen molar-refractivity contribution < 1.29 is 0 Å². The van der Waals surface area contributed by atoms with Crippen LogP contribution >= 0.6 is 0 Å². The highest BCUT2D eigenvalue weighted by molar-refractivity contribution is 5.56. The van der Waals surface area contributed by atoms with E-state index < -0.39 is 0 Å². The first-order valence-corrected chi connectivity index (χ1v) is 5.79. The zero-order valence-electron chi connectivity index (χ0n) is 10.3. The van der Waals surface area contributed by atoms with Gasteiger partial charge in [0.15, 0.2) is 0 Å². The van der Waals surface area contributed by atoms with E-state index in [1.54, 1.807) is 0 Å². The lowest BCUT2D eigenvalue weighted by Crippen LogP contribution is -1.92. The lowest BCUT2D eigenvalue weighted by atomic mass is 10.0. The van der Waals surface area contributed by atoms with E-state index in [0.717, 1.165) is 23.5 Å². The summed E-state index contributed by atoms with van der Waals surface area (Å²) in [5, 5.41) is 8.72. The van der Waals surface area contributed by atoms with Gasteiger partial charge in [0.2, 0.25) is 0 Å². The zero-order valence-corrected chi connectivity index (χ0v) is 10.3. The Bertz CT molecular complexity index is 408. The first-order valence-electron chi connectivity index (χ1n) is 5.79. The number of benzene rings is 1. The van der Waals surface area contributed by atoms with E-state index >= 15 is 0 Å². The van der Waals surface area contributed by atoms with Crippen molar-refractivity contribution in [3.63, 3.8) is 0 Å². The van der Waals surface area contributed by atoms with Gasteiger partial charge in [0.05, 0.1) is 6.07 Å². The SMILES string of the molecule is CC(C#N)=Cc1cccc(CCC(C)C)c1. The Morgan fingerprint density at radius 2 is 2.19 bits per heavy atom. The molecule has 0 unspecified atom stereocenters. The number of nitriles is 1. The molecule has 0 spiro atoms. The Morgan fingerprint density at radius 1 is 1.44 bits per heavy atom. The third-order valence-electron chi connectivity index (χ3n) is 2.52. The molecule has 0 aromatic heterocycles. The van der Waals surface area contributed by atoms with Gasteiger partial charge in [-0.25, -0.2) is 0 Å². The van der Waals surface area contributed by atoms with Crippen LogP contribution in [0.1, 0.15) is 38.3 Å². The predicted octanol–water partition coefficient (Wildman–Crippen LogP) is 4.20. The largest absolute Gasteiger partial charge is 0.193 e. The molecule has 1 heteroatoms.